The fraction of sp³-hybridized carbons (Fsp3) is 0.385. The fourth-order valence-electron chi connectivity index (χ4n) is 1.58. The Morgan fingerprint density at radius 3 is 2.58 bits per heavy atom. The summed E-state index contributed by atoms with van der Waals surface area (Å²) in [4.78, 5) is 23.2. The largest absolute Gasteiger partial charge is 0.480 e. The summed E-state index contributed by atoms with van der Waals surface area (Å²) in [7, 11) is 0. The number of benzene rings is 1. The van der Waals surface area contributed by atoms with E-state index in [1.54, 1.807) is 25.1 Å². The highest BCUT2D eigenvalue weighted by Gasteiger charge is 2.26. The van der Waals surface area contributed by atoms with Crippen LogP contribution in [0.5, 0.6) is 0 Å². The lowest BCUT2D eigenvalue weighted by Gasteiger charge is -2.20. The molecular weight excluding hydrogens is 334 g/mol. The minimum Gasteiger partial charge on any atom is -0.480 e. The molecule has 2 atom stereocenters. The molecule has 1 aromatic rings. The molecule has 6 heteroatoms. The summed E-state index contributed by atoms with van der Waals surface area (Å²) < 4.78 is 0.533. The number of aliphatic carboxylic acids is 1. The van der Waals surface area contributed by atoms with Crippen LogP contribution in [0.2, 0.25) is 5.02 Å². The summed E-state index contributed by atoms with van der Waals surface area (Å²) in [6.45, 7) is 3.67. The fourth-order valence-corrected chi connectivity index (χ4v) is 2.44. The molecule has 0 saturated heterocycles. The summed E-state index contributed by atoms with van der Waals surface area (Å²) >= 11 is 9.03. The zero-order chi connectivity index (χ0) is 14.6. The second-order valence-electron chi connectivity index (χ2n) is 4.30. The summed E-state index contributed by atoms with van der Waals surface area (Å²) in [5, 5.41) is 12.2. The number of hydrogen-bond donors (Lipinski definition) is 2. The lowest BCUT2D eigenvalue weighted by molar-refractivity contribution is -0.140. The SMILES string of the molecule is CCC(C)C(NC(=O)c1ccc(Cl)cc1Br)C(=O)O. The zero-order valence-electron chi connectivity index (χ0n) is 10.6. The molecule has 0 saturated carbocycles. The third-order valence-corrected chi connectivity index (χ3v) is 3.83. The first-order chi connectivity index (χ1) is 8.86. The maximum Gasteiger partial charge on any atom is 0.326 e. The highest BCUT2D eigenvalue weighted by molar-refractivity contribution is 9.10. The molecule has 2 unspecified atom stereocenters. The van der Waals surface area contributed by atoms with Gasteiger partial charge in [-0.1, -0.05) is 31.9 Å². The van der Waals surface area contributed by atoms with Crippen LogP contribution in [0.25, 0.3) is 0 Å². The first-order valence-corrected chi connectivity index (χ1v) is 7.02. The minimum atomic E-state index is -1.03. The average molecular weight is 349 g/mol. The molecule has 4 nitrogen and oxygen atoms in total. The average Bonchev–Trinajstić information content (AvgIpc) is 2.34. The van der Waals surface area contributed by atoms with Crippen LogP contribution in [0.3, 0.4) is 0 Å². The maximum atomic E-state index is 12.1. The summed E-state index contributed by atoms with van der Waals surface area (Å²) in [5.74, 6) is -1.61. The highest BCUT2D eigenvalue weighted by atomic mass is 79.9. The van der Waals surface area contributed by atoms with Gasteiger partial charge in [-0.2, -0.15) is 0 Å². The van der Waals surface area contributed by atoms with E-state index in [1.165, 1.54) is 0 Å². The molecule has 2 N–H and O–H groups in total. The number of nitrogens with one attached hydrogen (secondary N) is 1. The van der Waals surface area contributed by atoms with Crippen LogP contribution in [0, 0.1) is 5.92 Å². The van der Waals surface area contributed by atoms with Gasteiger partial charge in [0.15, 0.2) is 0 Å². The minimum absolute atomic E-state index is 0.146. The predicted molar refractivity (Wildman–Crippen MR) is 77.5 cm³/mol. The van der Waals surface area contributed by atoms with Crippen molar-refractivity contribution >= 4 is 39.4 Å². The number of amides is 1. The Labute approximate surface area is 125 Å². The molecule has 1 aromatic carbocycles. The van der Waals surface area contributed by atoms with Crippen molar-refractivity contribution in [2.75, 3.05) is 0 Å². The van der Waals surface area contributed by atoms with Crippen molar-refractivity contribution in [2.24, 2.45) is 5.92 Å². The van der Waals surface area contributed by atoms with Crippen molar-refractivity contribution in [1.29, 1.82) is 0 Å². The van der Waals surface area contributed by atoms with Crippen LogP contribution < -0.4 is 5.32 Å². The van der Waals surface area contributed by atoms with Crippen LogP contribution in [-0.4, -0.2) is 23.0 Å². The summed E-state index contributed by atoms with van der Waals surface area (Å²) in [6, 6.07) is 3.83. The van der Waals surface area contributed by atoms with Gasteiger partial charge in [0.2, 0.25) is 0 Å². The quantitative estimate of drug-likeness (QED) is 0.857. The van der Waals surface area contributed by atoms with Gasteiger partial charge in [-0.15, -0.1) is 0 Å². The number of rotatable bonds is 5. The lowest BCUT2D eigenvalue weighted by Crippen LogP contribution is -2.45. The molecule has 1 rings (SSSR count). The van der Waals surface area contributed by atoms with Gasteiger partial charge in [0, 0.05) is 9.50 Å². The third kappa shape index (κ3) is 4.21. The summed E-state index contributed by atoms with van der Waals surface area (Å²) in [5.41, 5.74) is 0.360. The van der Waals surface area contributed by atoms with E-state index in [1.807, 2.05) is 6.92 Å². The number of carboxylic acid groups (broad SMARTS) is 1. The maximum absolute atomic E-state index is 12.1. The number of halogens is 2. The monoisotopic (exact) mass is 347 g/mol. The van der Waals surface area contributed by atoms with Gasteiger partial charge < -0.3 is 10.4 Å². The van der Waals surface area contributed by atoms with E-state index in [2.05, 4.69) is 21.2 Å². The van der Waals surface area contributed by atoms with Gasteiger partial charge in [0.05, 0.1) is 5.56 Å². The van der Waals surface area contributed by atoms with Gasteiger partial charge >= 0.3 is 5.97 Å². The Hall–Kier alpha value is -1.07. The third-order valence-electron chi connectivity index (χ3n) is 2.94. The van der Waals surface area contributed by atoms with Crippen molar-refractivity contribution in [3.63, 3.8) is 0 Å². The van der Waals surface area contributed by atoms with Gasteiger partial charge in [0.25, 0.3) is 5.91 Å². The van der Waals surface area contributed by atoms with E-state index in [0.29, 0.717) is 21.5 Å². The van der Waals surface area contributed by atoms with E-state index in [-0.39, 0.29) is 5.92 Å². The molecule has 0 heterocycles. The number of carbonyl (C=O) groups excluding carboxylic acids is 1. The Morgan fingerprint density at radius 1 is 1.47 bits per heavy atom. The van der Waals surface area contributed by atoms with Gasteiger partial charge in [-0.3, -0.25) is 4.79 Å². The molecule has 0 aliphatic heterocycles. The van der Waals surface area contributed by atoms with Crippen LogP contribution in [0.1, 0.15) is 30.6 Å². The normalized spacial score (nSPS) is 13.7. The smallest absolute Gasteiger partial charge is 0.326 e. The van der Waals surface area contributed by atoms with E-state index >= 15 is 0 Å². The zero-order valence-corrected chi connectivity index (χ0v) is 13.0. The van der Waals surface area contributed by atoms with Crippen LogP contribution >= 0.6 is 27.5 Å². The molecule has 0 bridgehead atoms. The second kappa shape index (κ2) is 6.91. The number of carboxylic acids is 1. The molecule has 0 fully saturated rings. The van der Waals surface area contributed by atoms with Crippen LogP contribution in [0.4, 0.5) is 0 Å². The van der Waals surface area contributed by atoms with Gasteiger partial charge in [-0.25, -0.2) is 4.79 Å². The highest BCUT2D eigenvalue weighted by Crippen LogP contribution is 2.22. The Balaban J connectivity index is 2.91. The molecule has 1 amide bonds. The molecule has 19 heavy (non-hydrogen) atoms. The number of carbonyl (C=O) groups is 2. The standard InChI is InChI=1S/C13H15BrClNO3/c1-3-7(2)11(13(18)19)16-12(17)9-5-4-8(15)6-10(9)14/h4-7,11H,3H2,1-2H3,(H,16,17)(H,18,19). The molecule has 0 aromatic heterocycles. The first-order valence-electron chi connectivity index (χ1n) is 5.85. The Bertz CT molecular complexity index is 493. The van der Waals surface area contributed by atoms with Gasteiger partial charge in [0.1, 0.15) is 6.04 Å². The van der Waals surface area contributed by atoms with Crippen LogP contribution in [0.15, 0.2) is 22.7 Å². The topological polar surface area (TPSA) is 66.4 Å². The summed E-state index contributed by atoms with van der Waals surface area (Å²) in [6.07, 6.45) is 0.666. The van der Waals surface area contributed by atoms with Gasteiger partial charge in [-0.05, 0) is 40.0 Å². The molecule has 0 radical (unpaired) electrons. The van der Waals surface area contributed by atoms with Crippen LogP contribution in [-0.2, 0) is 4.79 Å². The lowest BCUT2D eigenvalue weighted by atomic mass is 9.99. The van der Waals surface area contributed by atoms with E-state index < -0.39 is 17.9 Å². The molecule has 104 valence electrons. The van der Waals surface area contributed by atoms with Crippen molar-refractivity contribution in [1.82, 2.24) is 5.32 Å². The van der Waals surface area contributed by atoms with Crippen molar-refractivity contribution in [3.8, 4) is 0 Å². The van der Waals surface area contributed by atoms with Crippen molar-refractivity contribution in [2.45, 2.75) is 26.3 Å². The molecular formula is C13H15BrClNO3. The second-order valence-corrected chi connectivity index (χ2v) is 5.59. The van der Waals surface area contributed by atoms with E-state index in [0.717, 1.165) is 0 Å². The van der Waals surface area contributed by atoms with E-state index in [4.69, 9.17) is 16.7 Å². The molecule has 0 aliphatic rings. The first kappa shape index (κ1) is 16.0. The van der Waals surface area contributed by atoms with Crippen molar-refractivity contribution < 1.29 is 14.7 Å². The number of hydrogen-bond acceptors (Lipinski definition) is 2. The molecule has 0 aliphatic carbocycles. The van der Waals surface area contributed by atoms with Crippen molar-refractivity contribution in [3.05, 3.63) is 33.3 Å². The predicted octanol–water partition coefficient (Wildman–Crippen LogP) is 3.33. The Kier molecular flexibility index (Phi) is 5.82. The molecule has 0 spiro atoms. The Morgan fingerprint density at radius 2 is 2.11 bits per heavy atom. The van der Waals surface area contributed by atoms with E-state index in [9.17, 15) is 9.59 Å².